The van der Waals surface area contributed by atoms with Gasteiger partial charge in [0.05, 0.1) is 10.5 Å². The van der Waals surface area contributed by atoms with Crippen LogP contribution in [0.1, 0.15) is 0 Å². The summed E-state index contributed by atoms with van der Waals surface area (Å²) in [4.78, 5) is 4.23. The molecule has 0 amide bonds. The van der Waals surface area contributed by atoms with Crippen LogP contribution in [0.2, 0.25) is 5.02 Å². The van der Waals surface area contributed by atoms with E-state index in [2.05, 4.69) is 10.4 Å². The first-order chi connectivity index (χ1) is 6.24. The minimum Gasteiger partial charge on any atom is -0.312 e. The Morgan fingerprint density at radius 3 is 2.92 bits per heavy atom. The number of nitrogens with zero attached hydrogens (tertiary/aromatic N) is 2. The zero-order valence-corrected chi connectivity index (χ0v) is 7.84. The minimum atomic E-state index is 0.600. The number of hydrogen-bond acceptors (Lipinski definition) is 3. The maximum atomic E-state index is 5.95. The van der Waals surface area contributed by atoms with E-state index >= 15 is 0 Å². The Morgan fingerprint density at radius 2 is 2.31 bits per heavy atom. The van der Waals surface area contributed by atoms with Crippen LogP contribution in [0.25, 0.3) is 11.0 Å². The lowest BCUT2D eigenvalue weighted by Crippen LogP contribution is -2.11. The van der Waals surface area contributed by atoms with Gasteiger partial charge >= 0.3 is 0 Å². The topological polar surface area (TPSA) is 55.9 Å². The summed E-state index contributed by atoms with van der Waals surface area (Å²) in [6, 6.07) is 5.62. The molecule has 0 saturated carbocycles. The van der Waals surface area contributed by atoms with Gasteiger partial charge in [-0.2, -0.15) is 0 Å². The van der Waals surface area contributed by atoms with E-state index in [0.29, 0.717) is 11.0 Å². The number of halogens is 1. The Bertz CT molecular complexity index is 449. The lowest BCUT2D eigenvalue weighted by molar-refractivity contribution is 0.942. The molecule has 2 aromatic rings. The van der Waals surface area contributed by atoms with Crippen molar-refractivity contribution in [3.05, 3.63) is 23.2 Å². The van der Waals surface area contributed by atoms with Gasteiger partial charge < -0.3 is 4.57 Å². The number of anilines is 1. The van der Waals surface area contributed by atoms with E-state index in [0.717, 1.165) is 11.0 Å². The third-order valence-electron chi connectivity index (χ3n) is 1.99. The average molecular weight is 197 g/mol. The van der Waals surface area contributed by atoms with E-state index in [1.165, 1.54) is 0 Å². The number of nitrogens with one attached hydrogen (secondary N) is 1. The SMILES string of the molecule is Cn1c(NN)nc2c(Cl)cccc21. The van der Waals surface area contributed by atoms with Crippen LogP contribution in [-0.2, 0) is 7.05 Å². The zero-order chi connectivity index (χ0) is 9.42. The molecule has 0 radical (unpaired) electrons. The number of aryl methyl sites for hydroxylation is 1. The smallest absolute Gasteiger partial charge is 0.218 e. The number of rotatable bonds is 1. The Balaban J connectivity index is 2.83. The number of fused-ring (bicyclic) bond motifs is 1. The Labute approximate surface area is 80.3 Å². The van der Waals surface area contributed by atoms with Crippen LogP contribution in [-0.4, -0.2) is 9.55 Å². The highest BCUT2D eigenvalue weighted by molar-refractivity contribution is 6.35. The van der Waals surface area contributed by atoms with E-state index in [-0.39, 0.29) is 0 Å². The highest BCUT2D eigenvalue weighted by atomic mass is 35.5. The van der Waals surface area contributed by atoms with Crippen LogP contribution in [0, 0.1) is 0 Å². The second-order valence-corrected chi connectivity index (χ2v) is 3.15. The van der Waals surface area contributed by atoms with Crippen LogP contribution in [0.5, 0.6) is 0 Å². The van der Waals surface area contributed by atoms with Crippen molar-refractivity contribution >= 4 is 28.6 Å². The molecule has 5 heteroatoms. The second kappa shape index (κ2) is 2.90. The van der Waals surface area contributed by atoms with E-state index in [1.54, 1.807) is 6.07 Å². The fourth-order valence-corrected chi connectivity index (χ4v) is 1.52. The molecule has 0 aliphatic carbocycles. The van der Waals surface area contributed by atoms with Crippen molar-refractivity contribution in [2.45, 2.75) is 0 Å². The second-order valence-electron chi connectivity index (χ2n) is 2.75. The number of nitrogens with two attached hydrogens (primary N) is 1. The van der Waals surface area contributed by atoms with Gasteiger partial charge in [0.1, 0.15) is 5.52 Å². The molecule has 3 N–H and O–H groups in total. The van der Waals surface area contributed by atoms with Gasteiger partial charge in [-0.1, -0.05) is 17.7 Å². The third-order valence-corrected chi connectivity index (χ3v) is 2.30. The quantitative estimate of drug-likeness (QED) is 0.537. The molecule has 68 valence electrons. The molecule has 0 bridgehead atoms. The van der Waals surface area contributed by atoms with Crippen molar-refractivity contribution in [1.29, 1.82) is 0 Å². The fourth-order valence-electron chi connectivity index (χ4n) is 1.31. The van der Waals surface area contributed by atoms with Crippen LogP contribution < -0.4 is 11.3 Å². The monoisotopic (exact) mass is 196 g/mol. The van der Waals surface area contributed by atoms with Gasteiger partial charge in [-0.25, -0.2) is 10.8 Å². The number of aromatic nitrogens is 2. The number of nitrogen functional groups attached to an aromatic ring is 1. The predicted molar refractivity (Wildman–Crippen MR) is 53.5 cm³/mol. The molecule has 1 aromatic carbocycles. The number of para-hydroxylation sites is 1. The van der Waals surface area contributed by atoms with Crippen molar-refractivity contribution < 1.29 is 0 Å². The molecule has 0 atom stereocenters. The highest BCUT2D eigenvalue weighted by Gasteiger charge is 2.07. The van der Waals surface area contributed by atoms with E-state index < -0.39 is 0 Å². The van der Waals surface area contributed by atoms with Crippen molar-refractivity contribution in [1.82, 2.24) is 9.55 Å². The van der Waals surface area contributed by atoms with Gasteiger partial charge in [0, 0.05) is 7.05 Å². The van der Waals surface area contributed by atoms with Gasteiger partial charge in [0.25, 0.3) is 0 Å². The number of imidazole rings is 1. The van der Waals surface area contributed by atoms with Crippen molar-refractivity contribution in [2.24, 2.45) is 12.9 Å². The number of hydrogen-bond donors (Lipinski definition) is 2. The van der Waals surface area contributed by atoms with Gasteiger partial charge in [-0.05, 0) is 12.1 Å². The average Bonchev–Trinajstić information content (AvgIpc) is 2.45. The summed E-state index contributed by atoms with van der Waals surface area (Å²) in [6.45, 7) is 0. The summed E-state index contributed by atoms with van der Waals surface area (Å²) >= 11 is 5.95. The van der Waals surface area contributed by atoms with Crippen LogP contribution in [0.4, 0.5) is 5.95 Å². The van der Waals surface area contributed by atoms with Crippen LogP contribution in [0.3, 0.4) is 0 Å². The van der Waals surface area contributed by atoms with Gasteiger partial charge in [0.15, 0.2) is 0 Å². The molecule has 0 aliphatic rings. The molecule has 4 nitrogen and oxygen atoms in total. The van der Waals surface area contributed by atoms with Crippen LogP contribution >= 0.6 is 11.6 Å². The number of hydrazine groups is 1. The summed E-state index contributed by atoms with van der Waals surface area (Å²) in [6.07, 6.45) is 0. The van der Waals surface area contributed by atoms with Crippen molar-refractivity contribution in [3.8, 4) is 0 Å². The van der Waals surface area contributed by atoms with Gasteiger partial charge in [0.2, 0.25) is 5.95 Å². The molecule has 0 unspecified atom stereocenters. The molecule has 2 rings (SSSR count). The van der Waals surface area contributed by atoms with Crippen molar-refractivity contribution in [3.63, 3.8) is 0 Å². The first kappa shape index (κ1) is 8.34. The standard InChI is InChI=1S/C8H9ClN4/c1-13-6-4-2-3-5(9)7(6)11-8(13)12-10/h2-4H,10H2,1H3,(H,11,12). The normalized spacial score (nSPS) is 10.7. The van der Waals surface area contributed by atoms with Gasteiger partial charge in [-0.3, -0.25) is 5.43 Å². The zero-order valence-electron chi connectivity index (χ0n) is 7.08. The van der Waals surface area contributed by atoms with E-state index in [9.17, 15) is 0 Å². The maximum Gasteiger partial charge on any atom is 0.218 e. The Hall–Kier alpha value is -1.26. The summed E-state index contributed by atoms with van der Waals surface area (Å²) in [7, 11) is 1.88. The molecule has 13 heavy (non-hydrogen) atoms. The first-order valence-electron chi connectivity index (χ1n) is 3.81. The summed E-state index contributed by atoms with van der Waals surface area (Å²) < 4.78 is 1.85. The largest absolute Gasteiger partial charge is 0.312 e. The lowest BCUT2D eigenvalue weighted by Gasteiger charge is -1.98. The summed E-state index contributed by atoms with van der Waals surface area (Å²) in [5, 5.41) is 0.634. The van der Waals surface area contributed by atoms with Crippen molar-refractivity contribution in [2.75, 3.05) is 5.43 Å². The molecule has 1 aromatic heterocycles. The van der Waals surface area contributed by atoms with E-state index in [4.69, 9.17) is 17.4 Å². The number of benzene rings is 1. The Morgan fingerprint density at radius 1 is 1.54 bits per heavy atom. The predicted octanol–water partition coefficient (Wildman–Crippen LogP) is 1.51. The van der Waals surface area contributed by atoms with Crippen LogP contribution in [0.15, 0.2) is 18.2 Å². The molecule has 1 heterocycles. The molecule has 0 fully saturated rings. The molecular formula is C8H9ClN4. The third kappa shape index (κ3) is 1.15. The first-order valence-corrected chi connectivity index (χ1v) is 4.19. The maximum absolute atomic E-state index is 5.95. The Kier molecular flexibility index (Phi) is 1.86. The molecule has 0 spiro atoms. The summed E-state index contributed by atoms with van der Waals surface area (Å²) in [5.74, 6) is 5.89. The molecular weight excluding hydrogens is 188 g/mol. The minimum absolute atomic E-state index is 0.600. The van der Waals surface area contributed by atoms with Gasteiger partial charge in [-0.15, -0.1) is 0 Å². The molecule has 0 aliphatic heterocycles. The van der Waals surface area contributed by atoms with E-state index in [1.807, 2.05) is 23.7 Å². The lowest BCUT2D eigenvalue weighted by atomic mass is 10.3. The summed E-state index contributed by atoms with van der Waals surface area (Å²) in [5.41, 5.74) is 4.23. The molecule has 0 saturated heterocycles. The fraction of sp³-hybridized carbons (Fsp3) is 0.125. The highest BCUT2D eigenvalue weighted by Crippen LogP contribution is 2.24.